The van der Waals surface area contributed by atoms with Crippen LogP contribution in [0.25, 0.3) is 33.5 Å². The van der Waals surface area contributed by atoms with Gasteiger partial charge in [0.25, 0.3) is 0 Å². The van der Waals surface area contributed by atoms with Gasteiger partial charge in [-0.2, -0.15) is 0 Å². The van der Waals surface area contributed by atoms with Crippen molar-refractivity contribution in [2.45, 2.75) is 31.2 Å². The minimum absolute atomic E-state index is 0.447. The summed E-state index contributed by atoms with van der Waals surface area (Å²) in [4.78, 5) is 26.0. The van der Waals surface area contributed by atoms with Crippen molar-refractivity contribution >= 4 is 16.8 Å². The lowest BCUT2D eigenvalue weighted by Gasteiger charge is -2.17. The predicted molar refractivity (Wildman–Crippen MR) is 110 cm³/mol. The van der Waals surface area contributed by atoms with E-state index < -0.39 is 5.91 Å². The lowest BCUT2D eigenvalue weighted by atomic mass is 10.0. The third-order valence-corrected chi connectivity index (χ3v) is 6.26. The van der Waals surface area contributed by atoms with E-state index in [9.17, 15) is 4.79 Å². The number of carbonyl (C=O) groups excluding carboxylic acids is 1. The van der Waals surface area contributed by atoms with Gasteiger partial charge in [0.15, 0.2) is 0 Å². The van der Waals surface area contributed by atoms with Crippen LogP contribution >= 0.6 is 0 Å². The van der Waals surface area contributed by atoms with Crippen LogP contribution in [0.4, 0.5) is 0 Å². The maximum absolute atomic E-state index is 12.0. The zero-order valence-electron chi connectivity index (χ0n) is 15.7. The molecular formula is C23H19N5O. The number of hydrogen-bond donors (Lipinski definition) is 1. The van der Waals surface area contributed by atoms with E-state index in [0.29, 0.717) is 17.5 Å². The molecule has 2 N–H and O–H groups in total. The summed E-state index contributed by atoms with van der Waals surface area (Å²) in [5.74, 6) is 1.25. The van der Waals surface area contributed by atoms with Crippen LogP contribution < -0.4 is 5.73 Å². The van der Waals surface area contributed by atoms with Crippen molar-refractivity contribution in [2.24, 2.45) is 5.73 Å². The SMILES string of the molecule is NC(=O)c1ccnc2ccc(-c3c(-c4ccccn4)nc4n3[C@@H]3CCC4C3)cc12. The van der Waals surface area contributed by atoms with Crippen LogP contribution in [0.3, 0.4) is 0 Å². The normalized spacial score (nSPS) is 19.6. The molecule has 6 heteroatoms. The molecule has 2 aliphatic rings. The predicted octanol–water partition coefficient (Wildman–Crippen LogP) is 4.08. The topological polar surface area (TPSA) is 86.7 Å². The van der Waals surface area contributed by atoms with Crippen LogP contribution in [0.5, 0.6) is 0 Å². The number of pyridine rings is 2. The molecule has 1 aliphatic carbocycles. The third-order valence-electron chi connectivity index (χ3n) is 6.26. The summed E-state index contributed by atoms with van der Waals surface area (Å²) < 4.78 is 2.40. The second-order valence-electron chi connectivity index (χ2n) is 7.87. The molecule has 6 rings (SSSR count). The van der Waals surface area contributed by atoms with Gasteiger partial charge in [0.05, 0.1) is 22.5 Å². The molecule has 1 aliphatic heterocycles. The van der Waals surface area contributed by atoms with E-state index in [1.54, 1.807) is 18.5 Å². The first-order valence-electron chi connectivity index (χ1n) is 9.93. The third kappa shape index (κ3) is 2.35. The average Bonchev–Trinajstić information content (AvgIpc) is 3.46. The van der Waals surface area contributed by atoms with Crippen LogP contribution in [0.15, 0.2) is 54.9 Å². The quantitative estimate of drug-likeness (QED) is 0.579. The number of primary amides is 1. The molecule has 0 saturated heterocycles. The van der Waals surface area contributed by atoms with Crippen molar-refractivity contribution in [3.8, 4) is 22.6 Å². The Morgan fingerprint density at radius 1 is 1.07 bits per heavy atom. The number of aromatic nitrogens is 4. The number of carbonyl (C=O) groups is 1. The Balaban J connectivity index is 1.64. The van der Waals surface area contributed by atoms with Crippen LogP contribution in [0, 0.1) is 0 Å². The summed E-state index contributed by atoms with van der Waals surface area (Å²) in [7, 11) is 0. The summed E-state index contributed by atoms with van der Waals surface area (Å²) in [5.41, 5.74) is 10.7. The maximum Gasteiger partial charge on any atom is 0.249 e. The fraction of sp³-hybridized carbons (Fsp3) is 0.217. The van der Waals surface area contributed by atoms with E-state index >= 15 is 0 Å². The van der Waals surface area contributed by atoms with Crippen molar-refractivity contribution in [3.05, 3.63) is 66.2 Å². The average molecular weight is 381 g/mol. The Morgan fingerprint density at radius 2 is 2.00 bits per heavy atom. The lowest BCUT2D eigenvalue weighted by molar-refractivity contribution is 0.100. The van der Waals surface area contributed by atoms with Gasteiger partial charge in [0.2, 0.25) is 5.91 Å². The Kier molecular flexibility index (Phi) is 3.38. The van der Waals surface area contributed by atoms with Crippen molar-refractivity contribution in [1.82, 2.24) is 19.5 Å². The fourth-order valence-corrected chi connectivity index (χ4v) is 5.00. The highest BCUT2D eigenvalue weighted by Crippen LogP contribution is 2.52. The Hall–Kier alpha value is -3.54. The van der Waals surface area contributed by atoms with Gasteiger partial charge in [-0.15, -0.1) is 0 Å². The van der Waals surface area contributed by atoms with Crippen molar-refractivity contribution < 1.29 is 4.79 Å². The molecule has 3 aromatic heterocycles. The molecule has 6 nitrogen and oxygen atoms in total. The highest BCUT2D eigenvalue weighted by atomic mass is 16.1. The number of nitrogens with two attached hydrogens (primary N) is 1. The maximum atomic E-state index is 12.0. The highest BCUT2D eigenvalue weighted by molar-refractivity contribution is 6.06. The summed E-state index contributed by atoms with van der Waals surface area (Å²) in [6.45, 7) is 0. The first kappa shape index (κ1) is 16.4. The Morgan fingerprint density at radius 3 is 2.83 bits per heavy atom. The van der Waals surface area contributed by atoms with Crippen LogP contribution in [-0.4, -0.2) is 25.4 Å². The number of benzene rings is 1. The van der Waals surface area contributed by atoms with Gasteiger partial charge in [0.1, 0.15) is 11.5 Å². The van der Waals surface area contributed by atoms with Gasteiger partial charge in [-0.3, -0.25) is 14.8 Å². The van der Waals surface area contributed by atoms with Gasteiger partial charge in [0, 0.05) is 35.3 Å². The van der Waals surface area contributed by atoms with Crippen LogP contribution in [0.2, 0.25) is 0 Å². The van der Waals surface area contributed by atoms with Gasteiger partial charge < -0.3 is 10.3 Å². The van der Waals surface area contributed by atoms with E-state index in [0.717, 1.165) is 33.5 Å². The molecule has 29 heavy (non-hydrogen) atoms. The van der Waals surface area contributed by atoms with E-state index in [4.69, 9.17) is 10.7 Å². The molecule has 1 fully saturated rings. The molecule has 2 atom stereocenters. The minimum Gasteiger partial charge on any atom is -0.366 e. The molecule has 1 aromatic carbocycles. The molecule has 1 unspecified atom stereocenters. The number of amides is 1. The van der Waals surface area contributed by atoms with Gasteiger partial charge in [-0.25, -0.2) is 4.98 Å². The second-order valence-corrected chi connectivity index (χ2v) is 7.87. The van der Waals surface area contributed by atoms with Gasteiger partial charge in [-0.1, -0.05) is 12.1 Å². The molecule has 4 aromatic rings. The summed E-state index contributed by atoms with van der Waals surface area (Å²) in [6, 6.07) is 14.1. The molecule has 0 spiro atoms. The first-order chi connectivity index (χ1) is 14.2. The zero-order valence-corrected chi connectivity index (χ0v) is 15.7. The summed E-state index contributed by atoms with van der Waals surface area (Å²) >= 11 is 0. The second kappa shape index (κ2) is 5.98. The van der Waals surface area contributed by atoms with E-state index in [2.05, 4.69) is 20.6 Å². The highest BCUT2D eigenvalue weighted by Gasteiger charge is 2.41. The Labute approximate surface area is 167 Å². The fourth-order valence-electron chi connectivity index (χ4n) is 5.00. The van der Waals surface area contributed by atoms with Crippen molar-refractivity contribution in [1.29, 1.82) is 0 Å². The summed E-state index contributed by atoms with van der Waals surface area (Å²) in [6.07, 6.45) is 6.98. The van der Waals surface area contributed by atoms with Crippen LogP contribution in [-0.2, 0) is 0 Å². The van der Waals surface area contributed by atoms with E-state index in [1.165, 1.54) is 25.1 Å². The van der Waals surface area contributed by atoms with Crippen molar-refractivity contribution in [2.75, 3.05) is 0 Å². The molecule has 142 valence electrons. The standard InChI is InChI=1S/C23H19N5O/c24-22(29)16-8-10-26-18-7-5-13(12-17(16)18)21-20(19-3-1-2-9-25-19)27-23-14-4-6-15(11-14)28(21)23/h1-3,5,7-10,12,14-15H,4,6,11H2,(H2,24,29)/t14?,15-/m1/s1. The molecule has 2 bridgehead atoms. The molecular weight excluding hydrogens is 362 g/mol. The molecule has 1 saturated carbocycles. The lowest BCUT2D eigenvalue weighted by Crippen LogP contribution is -2.12. The van der Waals surface area contributed by atoms with E-state index in [-0.39, 0.29) is 0 Å². The molecule has 4 heterocycles. The van der Waals surface area contributed by atoms with Crippen molar-refractivity contribution in [3.63, 3.8) is 0 Å². The smallest absolute Gasteiger partial charge is 0.249 e. The number of fused-ring (bicyclic) bond motifs is 6. The number of rotatable bonds is 3. The number of imidazole rings is 1. The van der Waals surface area contributed by atoms with Gasteiger partial charge >= 0.3 is 0 Å². The van der Waals surface area contributed by atoms with Crippen LogP contribution in [0.1, 0.15) is 47.4 Å². The molecule has 1 amide bonds. The minimum atomic E-state index is -0.447. The summed E-state index contributed by atoms with van der Waals surface area (Å²) in [5, 5.41) is 0.767. The monoisotopic (exact) mass is 381 g/mol. The Bertz CT molecular complexity index is 1280. The molecule has 0 radical (unpaired) electrons. The first-order valence-corrected chi connectivity index (χ1v) is 9.93. The number of nitrogens with zero attached hydrogens (tertiary/aromatic N) is 4. The largest absolute Gasteiger partial charge is 0.366 e. The number of hydrogen-bond acceptors (Lipinski definition) is 4. The van der Waals surface area contributed by atoms with Gasteiger partial charge in [-0.05, 0) is 49.6 Å². The zero-order chi connectivity index (χ0) is 19.5. The van der Waals surface area contributed by atoms with E-state index in [1.807, 2.05) is 30.3 Å².